The summed E-state index contributed by atoms with van der Waals surface area (Å²) in [6, 6.07) is 5.67. The van der Waals surface area contributed by atoms with Crippen LogP contribution in [-0.2, 0) is 0 Å². The lowest BCUT2D eigenvalue weighted by Gasteiger charge is -2.07. The quantitative estimate of drug-likeness (QED) is 0.865. The summed E-state index contributed by atoms with van der Waals surface area (Å²) in [6.07, 6.45) is 0. The number of hydrogen-bond acceptors (Lipinski definition) is 3. The van der Waals surface area contributed by atoms with Crippen molar-refractivity contribution in [1.29, 1.82) is 0 Å². The first-order chi connectivity index (χ1) is 7.99. The maximum absolute atomic E-state index is 5.58. The topological polar surface area (TPSA) is 56.7 Å². The van der Waals surface area contributed by atoms with Gasteiger partial charge in [-0.1, -0.05) is 12.2 Å². The summed E-state index contributed by atoms with van der Waals surface area (Å²) in [5.41, 5.74) is 7.32. The zero-order valence-electron chi connectivity index (χ0n) is 9.44. The lowest BCUT2D eigenvalue weighted by atomic mass is 10.2. The molecule has 0 aliphatic heterocycles. The monoisotopic (exact) mass is 310 g/mol. The van der Waals surface area contributed by atoms with Crippen LogP contribution in [0.25, 0.3) is 5.69 Å². The van der Waals surface area contributed by atoms with Gasteiger partial charge in [-0.2, -0.15) is 5.10 Å². The van der Waals surface area contributed by atoms with Crippen LogP contribution in [0.3, 0.4) is 0 Å². The van der Waals surface area contributed by atoms with Crippen molar-refractivity contribution in [2.75, 3.05) is 0 Å². The van der Waals surface area contributed by atoms with Gasteiger partial charge in [0.15, 0.2) is 0 Å². The van der Waals surface area contributed by atoms with E-state index < -0.39 is 0 Å². The molecule has 1 heterocycles. The second-order valence-electron chi connectivity index (χ2n) is 3.65. The molecular formula is C11H11BrN4S. The third kappa shape index (κ3) is 2.37. The third-order valence-corrected chi connectivity index (χ3v) is 3.21. The van der Waals surface area contributed by atoms with Crippen LogP contribution in [-0.4, -0.2) is 19.8 Å². The lowest BCUT2D eigenvalue weighted by molar-refractivity contribution is 0.827. The van der Waals surface area contributed by atoms with Crippen LogP contribution in [0, 0.1) is 13.8 Å². The fourth-order valence-electron chi connectivity index (χ4n) is 1.58. The molecule has 0 saturated heterocycles. The number of hydrogen-bond donors (Lipinski definition) is 1. The molecule has 4 nitrogen and oxygen atoms in total. The number of halogens is 1. The highest BCUT2D eigenvalue weighted by atomic mass is 79.9. The van der Waals surface area contributed by atoms with Crippen molar-refractivity contribution in [1.82, 2.24) is 14.8 Å². The van der Waals surface area contributed by atoms with E-state index in [1.165, 1.54) is 0 Å². The summed E-state index contributed by atoms with van der Waals surface area (Å²) in [5, 5.41) is 4.33. The third-order valence-electron chi connectivity index (χ3n) is 2.34. The van der Waals surface area contributed by atoms with Crippen LogP contribution in [0.2, 0.25) is 0 Å². The van der Waals surface area contributed by atoms with E-state index in [-0.39, 0.29) is 0 Å². The molecule has 0 amide bonds. The first kappa shape index (κ1) is 12.2. The van der Waals surface area contributed by atoms with Gasteiger partial charge in [-0.15, -0.1) is 0 Å². The van der Waals surface area contributed by atoms with Gasteiger partial charge in [0.2, 0.25) is 0 Å². The first-order valence-electron chi connectivity index (χ1n) is 4.99. The van der Waals surface area contributed by atoms with Crippen molar-refractivity contribution < 1.29 is 0 Å². The van der Waals surface area contributed by atoms with Crippen LogP contribution in [0.15, 0.2) is 22.7 Å². The molecule has 1 aromatic heterocycles. The predicted molar refractivity (Wildman–Crippen MR) is 74.4 cm³/mol. The molecule has 17 heavy (non-hydrogen) atoms. The van der Waals surface area contributed by atoms with Crippen molar-refractivity contribution in [3.63, 3.8) is 0 Å². The van der Waals surface area contributed by atoms with E-state index >= 15 is 0 Å². The minimum atomic E-state index is 0.378. The molecule has 0 radical (unpaired) electrons. The molecule has 2 rings (SSSR count). The minimum Gasteiger partial charge on any atom is -0.389 e. The SMILES string of the molecule is Cc1nc(C)n(-c2ccc(C(N)=S)cc2Br)n1. The van der Waals surface area contributed by atoms with Gasteiger partial charge in [0.25, 0.3) is 0 Å². The molecule has 0 unspecified atom stereocenters. The first-order valence-corrected chi connectivity index (χ1v) is 6.19. The molecule has 0 atom stereocenters. The average molecular weight is 311 g/mol. The Morgan fingerprint density at radius 2 is 2.12 bits per heavy atom. The molecule has 0 fully saturated rings. The van der Waals surface area contributed by atoms with Gasteiger partial charge in [-0.3, -0.25) is 0 Å². The molecule has 1 aromatic carbocycles. The normalized spacial score (nSPS) is 10.5. The summed E-state index contributed by atoms with van der Waals surface area (Å²) in [6.45, 7) is 3.77. The van der Waals surface area contributed by atoms with Crippen molar-refractivity contribution in [3.05, 3.63) is 39.9 Å². The average Bonchev–Trinajstić information content (AvgIpc) is 2.57. The summed E-state index contributed by atoms with van der Waals surface area (Å²) < 4.78 is 2.67. The lowest BCUT2D eigenvalue weighted by Crippen LogP contribution is -2.10. The minimum absolute atomic E-state index is 0.378. The number of rotatable bonds is 2. The van der Waals surface area contributed by atoms with Crippen LogP contribution in [0.4, 0.5) is 0 Å². The fraction of sp³-hybridized carbons (Fsp3) is 0.182. The number of nitrogens with zero attached hydrogens (tertiary/aromatic N) is 3. The summed E-state index contributed by atoms with van der Waals surface area (Å²) in [4.78, 5) is 4.65. The Kier molecular flexibility index (Phi) is 3.26. The smallest absolute Gasteiger partial charge is 0.148 e. The van der Waals surface area contributed by atoms with Gasteiger partial charge < -0.3 is 5.73 Å². The Hall–Kier alpha value is -1.27. The van der Waals surface area contributed by atoms with Crippen molar-refractivity contribution >= 4 is 33.1 Å². The van der Waals surface area contributed by atoms with E-state index in [0.717, 1.165) is 27.4 Å². The molecule has 0 aliphatic rings. The number of thiocarbonyl (C=S) groups is 1. The van der Waals surface area contributed by atoms with Gasteiger partial charge in [-0.25, -0.2) is 9.67 Å². The van der Waals surface area contributed by atoms with Gasteiger partial charge in [0.05, 0.1) is 5.69 Å². The Bertz CT molecular complexity index is 591. The molecular weight excluding hydrogens is 300 g/mol. The second-order valence-corrected chi connectivity index (χ2v) is 4.94. The molecule has 0 saturated carbocycles. The predicted octanol–water partition coefficient (Wildman–Crippen LogP) is 2.28. The number of benzene rings is 1. The molecule has 0 aliphatic carbocycles. The summed E-state index contributed by atoms with van der Waals surface area (Å²) >= 11 is 8.43. The van der Waals surface area contributed by atoms with Crippen LogP contribution >= 0.6 is 28.1 Å². The molecule has 6 heteroatoms. The van der Waals surface area contributed by atoms with Crippen molar-refractivity contribution in [3.8, 4) is 5.69 Å². The van der Waals surface area contributed by atoms with E-state index in [4.69, 9.17) is 18.0 Å². The highest BCUT2D eigenvalue weighted by Gasteiger charge is 2.09. The second kappa shape index (κ2) is 4.54. The number of nitrogens with two attached hydrogens (primary N) is 1. The van der Waals surface area contributed by atoms with Crippen molar-refractivity contribution in [2.45, 2.75) is 13.8 Å². The Labute approximate surface area is 113 Å². The van der Waals surface area contributed by atoms with Gasteiger partial charge in [0.1, 0.15) is 16.6 Å². The molecule has 88 valence electrons. The maximum atomic E-state index is 5.58. The van der Waals surface area contributed by atoms with E-state index in [1.807, 2.05) is 32.0 Å². The van der Waals surface area contributed by atoms with E-state index in [9.17, 15) is 0 Å². The Morgan fingerprint density at radius 1 is 1.41 bits per heavy atom. The molecule has 0 bridgehead atoms. The largest absolute Gasteiger partial charge is 0.389 e. The number of aromatic nitrogens is 3. The standard InChI is InChI=1S/C11H11BrN4S/c1-6-14-7(2)16(15-6)10-4-3-8(11(13)17)5-9(10)12/h3-5H,1-2H3,(H2,13,17). The Balaban J connectivity index is 2.54. The van der Waals surface area contributed by atoms with E-state index in [1.54, 1.807) is 4.68 Å². The van der Waals surface area contributed by atoms with Crippen LogP contribution in [0.1, 0.15) is 17.2 Å². The summed E-state index contributed by atoms with van der Waals surface area (Å²) in [5.74, 6) is 1.58. The van der Waals surface area contributed by atoms with Crippen LogP contribution in [0.5, 0.6) is 0 Å². The van der Waals surface area contributed by atoms with Crippen LogP contribution < -0.4 is 5.73 Å². The molecule has 2 aromatic rings. The number of aryl methyl sites for hydroxylation is 2. The van der Waals surface area contributed by atoms with Crippen molar-refractivity contribution in [2.24, 2.45) is 5.73 Å². The summed E-state index contributed by atoms with van der Waals surface area (Å²) in [7, 11) is 0. The fourth-order valence-corrected chi connectivity index (χ4v) is 2.25. The molecule has 0 spiro atoms. The molecule has 2 N–H and O–H groups in total. The Morgan fingerprint density at radius 3 is 2.59 bits per heavy atom. The highest BCUT2D eigenvalue weighted by Crippen LogP contribution is 2.23. The van der Waals surface area contributed by atoms with Gasteiger partial charge in [0, 0.05) is 10.0 Å². The highest BCUT2D eigenvalue weighted by molar-refractivity contribution is 9.10. The maximum Gasteiger partial charge on any atom is 0.148 e. The van der Waals surface area contributed by atoms with E-state index in [2.05, 4.69) is 26.0 Å². The van der Waals surface area contributed by atoms with Gasteiger partial charge in [-0.05, 0) is 48.0 Å². The van der Waals surface area contributed by atoms with Gasteiger partial charge >= 0.3 is 0 Å². The zero-order chi connectivity index (χ0) is 12.6. The van der Waals surface area contributed by atoms with E-state index in [0.29, 0.717) is 4.99 Å². The zero-order valence-corrected chi connectivity index (χ0v) is 11.8.